The molecule has 1 amide bonds. The van der Waals surface area contributed by atoms with Crippen LogP contribution in [0.4, 0.5) is 17.6 Å². The molecule has 11 heteroatoms. The molecule has 6 nitrogen and oxygen atoms in total. The molecule has 1 saturated heterocycles. The summed E-state index contributed by atoms with van der Waals surface area (Å²) in [5.74, 6) is -0.641. The van der Waals surface area contributed by atoms with Crippen molar-refractivity contribution in [2.75, 3.05) is 13.7 Å². The predicted molar refractivity (Wildman–Crippen MR) is 141 cm³/mol. The maximum Gasteiger partial charge on any atom is 0.404 e. The van der Waals surface area contributed by atoms with Gasteiger partial charge >= 0.3 is 6.18 Å². The van der Waals surface area contributed by atoms with Crippen molar-refractivity contribution in [1.82, 2.24) is 15.2 Å². The Morgan fingerprint density at radius 1 is 1.18 bits per heavy atom. The minimum Gasteiger partial charge on any atom is -0.378 e. The molecule has 1 aromatic rings. The molecule has 4 aliphatic rings. The maximum atomic E-state index is 14.3. The molecule has 1 aliphatic heterocycles. The van der Waals surface area contributed by atoms with Crippen molar-refractivity contribution in [3.05, 3.63) is 16.4 Å². The SMILES string of the molecule is COC1CC([C@@H](NC(=O)C2CC(Cn3ccsc3=N)CC(C3CCCNC3C(F)(F)F)C2)C2CC2)CCC1F. The van der Waals surface area contributed by atoms with Gasteiger partial charge in [-0.15, -0.1) is 11.3 Å². The Balaban J connectivity index is 1.33. The number of nitrogens with zero attached hydrogens (tertiary/aromatic N) is 1. The Labute approximate surface area is 231 Å². The summed E-state index contributed by atoms with van der Waals surface area (Å²) in [7, 11) is 1.54. The molecule has 0 bridgehead atoms. The van der Waals surface area contributed by atoms with Gasteiger partial charge in [0.2, 0.25) is 5.91 Å². The number of piperidine rings is 1. The van der Waals surface area contributed by atoms with Gasteiger partial charge in [-0.05, 0) is 100 Å². The van der Waals surface area contributed by atoms with Crippen LogP contribution in [-0.4, -0.2) is 54.7 Å². The van der Waals surface area contributed by atoms with Gasteiger partial charge in [0.15, 0.2) is 4.80 Å². The zero-order valence-electron chi connectivity index (χ0n) is 22.6. The number of rotatable bonds is 8. The van der Waals surface area contributed by atoms with Gasteiger partial charge in [-0.1, -0.05) is 0 Å². The summed E-state index contributed by atoms with van der Waals surface area (Å²) in [5, 5.41) is 16.1. The lowest BCUT2D eigenvalue weighted by Crippen LogP contribution is -2.54. The molecule has 0 aromatic carbocycles. The Morgan fingerprint density at radius 2 is 1.95 bits per heavy atom. The second-order valence-corrected chi connectivity index (χ2v) is 13.3. The number of hydrogen-bond donors (Lipinski definition) is 3. The monoisotopic (exact) mass is 574 g/mol. The zero-order valence-corrected chi connectivity index (χ0v) is 23.4. The molecule has 1 aromatic heterocycles. The molecule has 0 radical (unpaired) electrons. The largest absolute Gasteiger partial charge is 0.404 e. The number of methoxy groups -OCH3 is 1. The van der Waals surface area contributed by atoms with Crippen LogP contribution in [0, 0.1) is 40.9 Å². The van der Waals surface area contributed by atoms with Gasteiger partial charge in [0.1, 0.15) is 12.2 Å². The van der Waals surface area contributed by atoms with Crippen LogP contribution in [0.3, 0.4) is 0 Å². The highest BCUT2D eigenvalue weighted by Gasteiger charge is 2.50. The molecule has 8 unspecified atom stereocenters. The van der Waals surface area contributed by atoms with E-state index < -0.39 is 30.4 Å². The standard InChI is InChI=1S/C28H42F4N4O2S/c1-38-23-14-18(6-7-22(23)29)24(17-4-5-17)35-26(37)20-12-16(15-36-9-10-39-27(36)33)11-19(13-20)21-3-2-8-34-25(21)28(30,31)32/h9-10,16-25,33-34H,2-8,11-15H2,1H3,(H,35,37)/t16?,18?,19?,20?,21?,22?,23?,24-,25?/m0/s1. The van der Waals surface area contributed by atoms with E-state index in [4.69, 9.17) is 10.1 Å². The smallest absolute Gasteiger partial charge is 0.378 e. The zero-order chi connectivity index (χ0) is 27.7. The van der Waals surface area contributed by atoms with E-state index in [2.05, 4.69) is 10.6 Å². The molecule has 9 atom stereocenters. The maximum absolute atomic E-state index is 14.3. The van der Waals surface area contributed by atoms with Crippen molar-refractivity contribution in [3.8, 4) is 0 Å². The number of hydrogen-bond acceptors (Lipinski definition) is 5. The lowest BCUT2D eigenvalue weighted by atomic mass is 9.66. The second kappa shape index (κ2) is 12.2. The summed E-state index contributed by atoms with van der Waals surface area (Å²) in [6.07, 6.45) is 2.79. The third-order valence-corrected chi connectivity index (χ3v) is 10.5. The predicted octanol–water partition coefficient (Wildman–Crippen LogP) is 5.04. The Kier molecular flexibility index (Phi) is 9.08. The molecular weight excluding hydrogens is 532 g/mol. The molecule has 3 saturated carbocycles. The van der Waals surface area contributed by atoms with Gasteiger partial charge in [0.25, 0.3) is 0 Å². The van der Waals surface area contributed by atoms with E-state index in [1.54, 1.807) is 0 Å². The van der Waals surface area contributed by atoms with Crippen LogP contribution in [0.25, 0.3) is 0 Å². The van der Waals surface area contributed by atoms with E-state index in [1.165, 1.54) is 18.4 Å². The average molecular weight is 575 g/mol. The van der Waals surface area contributed by atoms with Gasteiger partial charge in [-0.3, -0.25) is 10.2 Å². The Bertz CT molecular complexity index is 1030. The number of alkyl halides is 4. The number of aromatic nitrogens is 1. The van der Waals surface area contributed by atoms with Crippen LogP contribution < -0.4 is 15.4 Å². The minimum absolute atomic E-state index is 0.0261. The van der Waals surface area contributed by atoms with Gasteiger partial charge in [0.05, 0.1) is 6.10 Å². The molecule has 3 N–H and O–H groups in total. The normalized spacial score (nSPS) is 36.8. The number of carbonyl (C=O) groups is 1. The molecule has 5 rings (SSSR count). The number of nitrogens with one attached hydrogen (secondary N) is 3. The van der Waals surface area contributed by atoms with Crippen molar-refractivity contribution in [3.63, 3.8) is 0 Å². The highest BCUT2D eigenvalue weighted by molar-refractivity contribution is 7.06. The molecule has 39 heavy (non-hydrogen) atoms. The van der Waals surface area contributed by atoms with E-state index in [0.29, 0.717) is 75.2 Å². The molecule has 3 aliphatic carbocycles. The minimum atomic E-state index is -4.32. The summed E-state index contributed by atoms with van der Waals surface area (Å²) in [4.78, 5) is 14.2. The summed E-state index contributed by atoms with van der Waals surface area (Å²) in [5.41, 5.74) is 0. The fraction of sp³-hybridized carbons (Fsp3) is 0.857. The first-order valence-electron chi connectivity index (χ1n) is 14.6. The van der Waals surface area contributed by atoms with Crippen molar-refractivity contribution in [2.24, 2.45) is 35.5 Å². The van der Waals surface area contributed by atoms with Crippen molar-refractivity contribution < 1.29 is 27.1 Å². The van der Waals surface area contributed by atoms with E-state index in [-0.39, 0.29) is 35.6 Å². The van der Waals surface area contributed by atoms with Crippen molar-refractivity contribution >= 4 is 17.2 Å². The van der Waals surface area contributed by atoms with Crippen molar-refractivity contribution in [1.29, 1.82) is 5.41 Å². The summed E-state index contributed by atoms with van der Waals surface area (Å²) >= 11 is 1.32. The molecule has 220 valence electrons. The highest BCUT2D eigenvalue weighted by atomic mass is 32.1. The van der Waals surface area contributed by atoms with E-state index in [0.717, 1.165) is 12.8 Å². The number of carbonyl (C=O) groups excluding carboxylic acids is 1. The molecule has 2 heterocycles. The topological polar surface area (TPSA) is 79.1 Å². The van der Waals surface area contributed by atoms with E-state index in [9.17, 15) is 22.4 Å². The van der Waals surface area contributed by atoms with Crippen molar-refractivity contribution in [2.45, 2.75) is 101 Å². The second-order valence-electron chi connectivity index (χ2n) is 12.4. The first kappa shape index (κ1) is 29.0. The van der Waals surface area contributed by atoms with E-state index >= 15 is 0 Å². The summed E-state index contributed by atoms with van der Waals surface area (Å²) < 4.78 is 63.6. The first-order chi connectivity index (χ1) is 18.6. The third kappa shape index (κ3) is 6.89. The van der Waals surface area contributed by atoms with Crippen LogP contribution >= 0.6 is 11.3 Å². The number of ether oxygens (including phenoxy) is 1. The molecular formula is C28H42F4N4O2S. The van der Waals surface area contributed by atoms with Crippen LogP contribution in [0.15, 0.2) is 11.6 Å². The quantitative estimate of drug-likeness (QED) is 0.381. The lowest BCUT2D eigenvalue weighted by molar-refractivity contribution is -0.179. The Morgan fingerprint density at radius 3 is 2.62 bits per heavy atom. The van der Waals surface area contributed by atoms with Gasteiger partial charge < -0.3 is 19.9 Å². The fourth-order valence-electron chi connectivity index (χ4n) is 7.75. The molecule has 0 spiro atoms. The average Bonchev–Trinajstić information content (AvgIpc) is 3.68. The number of amides is 1. The first-order valence-corrected chi connectivity index (χ1v) is 15.5. The third-order valence-electron chi connectivity index (χ3n) is 9.81. The van der Waals surface area contributed by atoms with Crippen LogP contribution in [-0.2, 0) is 16.1 Å². The number of thiazole rings is 1. The van der Waals surface area contributed by atoms with Gasteiger partial charge in [0, 0.05) is 37.2 Å². The summed E-state index contributed by atoms with van der Waals surface area (Å²) in [6.45, 7) is 0.905. The van der Waals surface area contributed by atoms with Gasteiger partial charge in [-0.25, -0.2) is 4.39 Å². The van der Waals surface area contributed by atoms with Crippen LogP contribution in [0.5, 0.6) is 0 Å². The summed E-state index contributed by atoms with van der Waals surface area (Å²) in [6, 6.07) is -1.58. The van der Waals surface area contributed by atoms with E-state index in [1.807, 2.05) is 16.1 Å². The molecule has 4 fully saturated rings. The number of halogens is 4. The van der Waals surface area contributed by atoms with Crippen LogP contribution in [0.2, 0.25) is 0 Å². The Hall–Kier alpha value is -1.46. The van der Waals surface area contributed by atoms with Crippen LogP contribution in [0.1, 0.15) is 64.2 Å². The lowest BCUT2D eigenvalue weighted by Gasteiger charge is -2.44. The fourth-order valence-corrected chi connectivity index (χ4v) is 8.36. The van der Waals surface area contributed by atoms with Gasteiger partial charge in [-0.2, -0.15) is 13.2 Å². The highest BCUT2D eigenvalue weighted by Crippen LogP contribution is 2.46.